The fourth-order valence-electron chi connectivity index (χ4n) is 3.59. The Bertz CT molecular complexity index is 1010. The van der Waals surface area contributed by atoms with E-state index in [2.05, 4.69) is 11.1 Å². The summed E-state index contributed by atoms with van der Waals surface area (Å²) in [6, 6.07) is 15.4. The van der Waals surface area contributed by atoms with Crippen molar-refractivity contribution in [2.24, 2.45) is 0 Å². The van der Waals surface area contributed by atoms with Gasteiger partial charge in [0.05, 0.1) is 17.2 Å². The average Bonchev–Trinajstić information content (AvgIpc) is 2.69. The summed E-state index contributed by atoms with van der Waals surface area (Å²) in [5, 5.41) is 0.617. The first-order valence-corrected chi connectivity index (χ1v) is 9.06. The Morgan fingerprint density at radius 2 is 1.88 bits per heavy atom. The molecule has 1 aromatic heterocycles. The molecular formula is C21H21N3O2. The van der Waals surface area contributed by atoms with Crippen LogP contribution < -0.4 is 10.5 Å². The molecule has 0 N–H and O–H groups in total. The fourth-order valence-corrected chi connectivity index (χ4v) is 3.59. The van der Waals surface area contributed by atoms with Gasteiger partial charge < -0.3 is 4.90 Å². The van der Waals surface area contributed by atoms with E-state index in [-0.39, 0.29) is 11.5 Å². The van der Waals surface area contributed by atoms with Crippen molar-refractivity contribution < 1.29 is 4.79 Å². The third kappa shape index (κ3) is 3.12. The molecule has 0 bridgehead atoms. The third-order valence-corrected chi connectivity index (χ3v) is 4.93. The van der Waals surface area contributed by atoms with Crippen LogP contribution in [0.2, 0.25) is 0 Å². The molecule has 0 atom stereocenters. The van der Waals surface area contributed by atoms with Gasteiger partial charge in [0.1, 0.15) is 0 Å². The van der Waals surface area contributed by atoms with Crippen LogP contribution in [0.4, 0.5) is 5.69 Å². The molecule has 0 saturated carbocycles. The van der Waals surface area contributed by atoms with E-state index in [0.717, 1.165) is 25.1 Å². The number of nitrogens with zero attached hydrogens (tertiary/aromatic N) is 3. The number of aryl methyl sites for hydroxylation is 2. The van der Waals surface area contributed by atoms with Crippen molar-refractivity contribution in [3.63, 3.8) is 0 Å². The monoisotopic (exact) mass is 347 g/mol. The van der Waals surface area contributed by atoms with Gasteiger partial charge in [-0.25, -0.2) is 4.98 Å². The van der Waals surface area contributed by atoms with Crippen molar-refractivity contribution >= 4 is 22.5 Å². The van der Waals surface area contributed by atoms with E-state index in [1.54, 1.807) is 17.0 Å². The standard InChI is InChI=1S/C21H21N3O2/c25-20(24-14-5-8-16-7-1-4-11-19(16)24)12-6-13-23-15-22-18-10-3-2-9-17(18)21(23)26/h1-4,7,9-11,15H,5-6,8,12-14H2. The lowest BCUT2D eigenvalue weighted by molar-refractivity contribution is -0.118. The summed E-state index contributed by atoms with van der Waals surface area (Å²) in [5.41, 5.74) is 2.93. The minimum Gasteiger partial charge on any atom is -0.312 e. The molecule has 0 radical (unpaired) electrons. The molecule has 0 saturated heterocycles. The van der Waals surface area contributed by atoms with Crippen molar-refractivity contribution in [3.05, 3.63) is 70.8 Å². The zero-order valence-electron chi connectivity index (χ0n) is 14.6. The van der Waals surface area contributed by atoms with E-state index >= 15 is 0 Å². The van der Waals surface area contributed by atoms with Crippen LogP contribution in [0.1, 0.15) is 24.8 Å². The van der Waals surface area contributed by atoms with Gasteiger partial charge in [0.25, 0.3) is 5.56 Å². The minimum absolute atomic E-state index is 0.0497. The summed E-state index contributed by atoms with van der Waals surface area (Å²) in [5.74, 6) is 0.124. The SMILES string of the molecule is O=C(CCCn1cnc2ccccc2c1=O)N1CCCc2ccccc21. The minimum atomic E-state index is -0.0497. The van der Waals surface area contributed by atoms with Crippen molar-refractivity contribution in [1.29, 1.82) is 0 Å². The largest absolute Gasteiger partial charge is 0.312 e. The van der Waals surface area contributed by atoms with Crippen LogP contribution in [0.25, 0.3) is 10.9 Å². The molecule has 1 amide bonds. The van der Waals surface area contributed by atoms with Crippen molar-refractivity contribution in [2.75, 3.05) is 11.4 Å². The maximum absolute atomic E-state index is 12.7. The zero-order chi connectivity index (χ0) is 17.9. The van der Waals surface area contributed by atoms with Crippen molar-refractivity contribution in [3.8, 4) is 0 Å². The maximum Gasteiger partial charge on any atom is 0.261 e. The molecule has 132 valence electrons. The van der Waals surface area contributed by atoms with E-state index < -0.39 is 0 Å². The molecule has 5 nitrogen and oxygen atoms in total. The Hall–Kier alpha value is -2.95. The Labute approximate surface area is 151 Å². The number of hydrogen-bond acceptors (Lipinski definition) is 3. The number of anilines is 1. The molecule has 2 heterocycles. The van der Waals surface area contributed by atoms with Gasteiger partial charge in [-0.1, -0.05) is 30.3 Å². The van der Waals surface area contributed by atoms with Gasteiger partial charge in [-0.2, -0.15) is 0 Å². The van der Waals surface area contributed by atoms with Gasteiger partial charge in [-0.05, 0) is 43.0 Å². The van der Waals surface area contributed by atoms with Crippen LogP contribution in [0.5, 0.6) is 0 Å². The first-order valence-electron chi connectivity index (χ1n) is 9.06. The Morgan fingerprint density at radius 3 is 2.81 bits per heavy atom. The lowest BCUT2D eigenvalue weighted by Gasteiger charge is -2.29. The van der Waals surface area contributed by atoms with Gasteiger partial charge in [-0.15, -0.1) is 0 Å². The number of para-hydroxylation sites is 2. The average molecular weight is 347 g/mol. The van der Waals surface area contributed by atoms with Gasteiger partial charge in [0, 0.05) is 25.2 Å². The highest BCUT2D eigenvalue weighted by Crippen LogP contribution is 2.27. The quantitative estimate of drug-likeness (QED) is 0.728. The summed E-state index contributed by atoms with van der Waals surface area (Å²) in [4.78, 5) is 31.4. The fraction of sp³-hybridized carbons (Fsp3) is 0.286. The molecule has 0 fully saturated rings. The van der Waals surface area contributed by atoms with E-state index in [1.165, 1.54) is 5.56 Å². The number of amides is 1. The lowest BCUT2D eigenvalue weighted by atomic mass is 10.0. The van der Waals surface area contributed by atoms with Crippen LogP contribution in [-0.4, -0.2) is 22.0 Å². The summed E-state index contributed by atoms with van der Waals surface area (Å²) in [7, 11) is 0. The summed E-state index contributed by atoms with van der Waals surface area (Å²) in [6.45, 7) is 1.27. The molecule has 2 aromatic carbocycles. The van der Waals surface area contributed by atoms with Crippen LogP contribution in [0, 0.1) is 0 Å². The molecule has 26 heavy (non-hydrogen) atoms. The molecule has 4 rings (SSSR count). The van der Waals surface area contributed by atoms with E-state index in [1.807, 2.05) is 41.3 Å². The number of benzene rings is 2. The number of aromatic nitrogens is 2. The number of hydrogen-bond donors (Lipinski definition) is 0. The van der Waals surface area contributed by atoms with Crippen molar-refractivity contribution in [2.45, 2.75) is 32.2 Å². The van der Waals surface area contributed by atoms with Crippen LogP contribution >= 0.6 is 0 Å². The predicted octanol–water partition coefficient (Wildman–Crippen LogP) is 3.16. The lowest BCUT2D eigenvalue weighted by Crippen LogP contribution is -2.35. The molecule has 0 spiro atoms. The number of carbonyl (C=O) groups is 1. The maximum atomic E-state index is 12.7. The van der Waals surface area contributed by atoms with Crippen molar-refractivity contribution in [1.82, 2.24) is 9.55 Å². The predicted molar refractivity (Wildman–Crippen MR) is 102 cm³/mol. The molecule has 0 aliphatic carbocycles. The highest BCUT2D eigenvalue weighted by molar-refractivity contribution is 5.94. The second-order valence-electron chi connectivity index (χ2n) is 6.64. The third-order valence-electron chi connectivity index (χ3n) is 4.93. The first kappa shape index (κ1) is 16.5. The smallest absolute Gasteiger partial charge is 0.261 e. The van der Waals surface area contributed by atoms with Gasteiger partial charge >= 0.3 is 0 Å². The van der Waals surface area contributed by atoms with Gasteiger partial charge in [-0.3, -0.25) is 14.2 Å². The van der Waals surface area contributed by atoms with E-state index in [9.17, 15) is 9.59 Å². The number of carbonyl (C=O) groups excluding carboxylic acids is 1. The van der Waals surface area contributed by atoms with Gasteiger partial charge in [0.2, 0.25) is 5.91 Å². The van der Waals surface area contributed by atoms with Gasteiger partial charge in [0.15, 0.2) is 0 Å². The molecule has 0 unspecified atom stereocenters. The second kappa shape index (κ2) is 7.12. The highest BCUT2D eigenvalue weighted by Gasteiger charge is 2.21. The Kier molecular flexibility index (Phi) is 4.52. The summed E-state index contributed by atoms with van der Waals surface area (Å²) < 4.78 is 1.60. The number of fused-ring (bicyclic) bond motifs is 2. The normalized spacial score (nSPS) is 13.6. The Balaban J connectivity index is 1.43. The van der Waals surface area contributed by atoms with Crippen LogP contribution in [-0.2, 0) is 17.8 Å². The Morgan fingerprint density at radius 1 is 1.08 bits per heavy atom. The van der Waals surface area contributed by atoms with Crippen LogP contribution in [0.15, 0.2) is 59.7 Å². The molecular weight excluding hydrogens is 326 g/mol. The zero-order valence-corrected chi connectivity index (χ0v) is 14.6. The molecule has 1 aliphatic rings. The second-order valence-corrected chi connectivity index (χ2v) is 6.64. The first-order chi connectivity index (χ1) is 12.7. The topological polar surface area (TPSA) is 55.2 Å². The molecule has 3 aromatic rings. The summed E-state index contributed by atoms with van der Waals surface area (Å²) in [6.07, 6.45) is 4.64. The molecule has 1 aliphatic heterocycles. The molecule has 5 heteroatoms. The highest BCUT2D eigenvalue weighted by atomic mass is 16.2. The van der Waals surface area contributed by atoms with Crippen LogP contribution in [0.3, 0.4) is 0 Å². The summed E-state index contributed by atoms with van der Waals surface area (Å²) >= 11 is 0. The van der Waals surface area contributed by atoms with E-state index in [0.29, 0.717) is 30.3 Å². The van der Waals surface area contributed by atoms with E-state index in [4.69, 9.17) is 0 Å². The number of rotatable bonds is 4.